The quantitative estimate of drug-likeness (QED) is 0.916. The summed E-state index contributed by atoms with van der Waals surface area (Å²) in [5, 5.41) is 0. The summed E-state index contributed by atoms with van der Waals surface area (Å²) in [4.78, 5) is 18.3. The summed E-state index contributed by atoms with van der Waals surface area (Å²) in [6, 6.07) is 3.31. The molecule has 1 aliphatic carbocycles. The summed E-state index contributed by atoms with van der Waals surface area (Å²) in [6.07, 6.45) is 0.866. The Bertz CT molecular complexity index is 555. The van der Waals surface area contributed by atoms with Crippen molar-refractivity contribution < 1.29 is 18.3 Å². The number of ether oxygens (including phenoxy) is 1. The third kappa shape index (κ3) is 2.90. The van der Waals surface area contributed by atoms with Gasteiger partial charge in [-0.25, -0.2) is 13.8 Å². The number of likely N-dealkylation sites (tertiary alicyclic amines) is 1. The minimum Gasteiger partial charge on any atom is -0.471 e. The first-order valence-electron chi connectivity index (χ1n) is 7.47. The van der Waals surface area contributed by atoms with Crippen LogP contribution in [0.1, 0.15) is 23.2 Å². The molecule has 1 aromatic rings. The van der Waals surface area contributed by atoms with Crippen LogP contribution in [0.3, 0.4) is 0 Å². The van der Waals surface area contributed by atoms with E-state index in [1.54, 1.807) is 17.0 Å². The largest absolute Gasteiger partial charge is 0.471 e. The molecule has 2 N–H and O–H groups in total. The van der Waals surface area contributed by atoms with Gasteiger partial charge in [0.25, 0.3) is 12.3 Å². The number of nitrogens with zero attached hydrogens (tertiary/aromatic N) is 2. The van der Waals surface area contributed by atoms with Gasteiger partial charge in [-0.3, -0.25) is 4.79 Å². The highest BCUT2D eigenvalue weighted by atomic mass is 19.3. The van der Waals surface area contributed by atoms with Crippen LogP contribution in [0.5, 0.6) is 5.88 Å². The Labute approximate surface area is 127 Å². The van der Waals surface area contributed by atoms with E-state index in [1.165, 1.54) is 6.20 Å². The Balaban J connectivity index is 1.73. The van der Waals surface area contributed by atoms with Gasteiger partial charge in [-0.05, 0) is 36.8 Å². The van der Waals surface area contributed by atoms with Crippen molar-refractivity contribution in [2.45, 2.75) is 25.3 Å². The van der Waals surface area contributed by atoms with Crippen molar-refractivity contribution in [1.82, 2.24) is 9.88 Å². The summed E-state index contributed by atoms with van der Waals surface area (Å²) >= 11 is 0. The number of fused-ring (bicyclic) bond motifs is 1. The van der Waals surface area contributed by atoms with E-state index in [-0.39, 0.29) is 23.4 Å². The Kier molecular flexibility index (Phi) is 4.24. The van der Waals surface area contributed by atoms with E-state index < -0.39 is 13.0 Å². The van der Waals surface area contributed by atoms with Crippen LogP contribution in [-0.4, -0.2) is 48.0 Å². The number of halogens is 2. The van der Waals surface area contributed by atoms with Crippen molar-refractivity contribution in [2.75, 3.05) is 19.7 Å². The zero-order chi connectivity index (χ0) is 15.7. The standard InChI is InChI=1S/C15H19F2N3O2/c16-13(17)8-22-14-10(2-1-5-19-14)15(21)20-6-9-3-4-12(18)11(9)7-20/h1-2,5,9,11-13H,3-4,6-8,18H2. The molecule has 3 rings (SSSR count). The zero-order valence-electron chi connectivity index (χ0n) is 12.1. The molecule has 1 aliphatic heterocycles. The number of amides is 1. The molecular weight excluding hydrogens is 292 g/mol. The SMILES string of the molecule is NC1CCC2CN(C(=O)c3cccnc3OCC(F)F)CC12. The van der Waals surface area contributed by atoms with Crippen molar-refractivity contribution in [3.05, 3.63) is 23.9 Å². The lowest BCUT2D eigenvalue weighted by Gasteiger charge is -2.20. The molecule has 0 aromatic carbocycles. The molecule has 1 aromatic heterocycles. The fourth-order valence-corrected chi connectivity index (χ4v) is 3.45. The van der Waals surface area contributed by atoms with Gasteiger partial charge in [0.15, 0.2) is 6.61 Å². The van der Waals surface area contributed by atoms with Crippen molar-refractivity contribution in [3.8, 4) is 5.88 Å². The molecule has 2 fully saturated rings. The van der Waals surface area contributed by atoms with Gasteiger partial charge in [0, 0.05) is 25.3 Å². The van der Waals surface area contributed by atoms with Crippen LogP contribution in [0, 0.1) is 11.8 Å². The molecule has 5 nitrogen and oxygen atoms in total. The smallest absolute Gasteiger partial charge is 0.272 e. The van der Waals surface area contributed by atoms with Gasteiger partial charge in [0.05, 0.1) is 0 Å². The lowest BCUT2D eigenvalue weighted by Crippen LogP contribution is -2.33. The number of hydrogen-bond donors (Lipinski definition) is 1. The molecule has 7 heteroatoms. The second-order valence-electron chi connectivity index (χ2n) is 5.93. The van der Waals surface area contributed by atoms with Crippen LogP contribution in [0.4, 0.5) is 8.78 Å². The minimum absolute atomic E-state index is 0.0332. The number of carbonyl (C=O) groups excluding carboxylic acids is 1. The molecule has 3 atom stereocenters. The third-order valence-electron chi connectivity index (χ3n) is 4.55. The van der Waals surface area contributed by atoms with Crippen molar-refractivity contribution >= 4 is 5.91 Å². The first-order valence-corrected chi connectivity index (χ1v) is 7.47. The maximum absolute atomic E-state index is 12.6. The zero-order valence-corrected chi connectivity index (χ0v) is 12.1. The summed E-state index contributed by atoms with van der Waals surface area (Å²) in [7, 11) is 0. The van der Waals surface area contributed by atoms with Crippen LogP contribution in [0.15, 0.2) is 18.3 Å². The lowest BCUT2D eigenvalue weighted by molar-refractivity contribution is 0.0716. The summed E-state index contributed by atoms with van der Waals surface area (Å²) < 4.78 is 29.5. The van der Waals surface area contributed by atoms with Gasteiger partial charge in [-0.15, -0.1) is 0 Å². The molecule has 3 unspecified atom stereocenters. The normalized spacial score (nSPS) is 27.3. The molecule has 2 aliphatic rings. The number of rotatable bonds is 4. The average Bonchev–Trinajstić information content (AvgIpc) is 3.07. The van der Waals surface area contributed by atoms with Gasteiger partial charge >= 0.3 is 0 Å². The molecule has 120 valence electrons. The first-order chi connectivity index (χ1) is 10.6. The molecule has 0 bridgehead atoms. The number of hydrogen-bond acceptors (Lipinski definition) is 4. The van der Waals surface area contributed by atoms with E-state index in [4.69, 9.17) is 10.5 Å². The molecule has 1 amide bonds. The van der Waals surface area contributed by atoms with Gasteiger partial charge in [0.1, 0.15) is 5.56 Å². The Hall–Kier alpha value is -1.76. The fraction of sp³-hybridized carbons (Fsp3) is 0.600. The summed E-state index contributed by atoms with van der Waals surface area (Å²) in [5.41, 5.74) is 6.31. The number of nitrogens with two attached hydrogens (primary N) is 1. The van der Waals surface area contributed by atoms with Crippen molar-refractivity contribution in [2.24, 2.45) is 17.6 Å². The number of carbonyl (C=O) groups is 1. The lowest BCUT2D eigenvalue weighted by atomic mass is 9.98. The van der Waals surface area contributed by atoms with Crippen LogP contribution in [-0.2, 0) is 0 Å². The highest BCUT2D eigenvalue weighted by Gasteiger charge is 2.43. The fourth-order valence-electron chi connectivity index (χ4n) is 3.45. The molecule has 0 radical (unpaired) electrons. The van der Waals surface area contributed by atoms with Gasteiger partial charge in [-0.2, -0.15) is 0 Å². The maximum atomic E-state index is 12.6. The molecule has 1 saturated heterocycles. The van der Waals surface area contributed by atoms with Crippen LogP contribution in [0.2, 0.25) is 0 Å². The van der Waals surface area contributed by atoms with E-state index in [1.807, 2.05) is 0 Å². The maximum Gasteiger partial charge on any atom is 0.272 e. The predicted octanol–water partition coefficient (Wildman–Crippen LogP) is 1.53. The highest BCUT2D eigenvalue weighted by Crippen LogP contribution is 2.38. The van der Waals surface area contributed by atoms with Gasteiger partial charge in [-0.1, -0.05) is 0 Å². The molecule has 22 heavy (non-hydrogen) atoms. The summed E-state index contributed by atoms with van der Waals surface area (Å²) in [5.74, 6) is 0.528. The van der Waals surface area contributed by atoms with Gasteiger partial charge < -0.3 is 15.4 Å². The molecule has 0 spiro atoms. The van der Waals surface area contributed by atoms with Gasteiger partial charge in [0.2, 0.25) is 5.88 Å². The van der Waals surface area contributed by atoms with E-state index in [0.717, 1.165) is 12.8 Å². The molecular formula is C15H19F2N3O2. The number of aromatic nitrogens is 1. The van der Waals surface area contributed by atoms with Crippen LogP contribution < -0.4 is 10.5 Å². The minimum atomic E-state index is -2.60. The van der Waals surface area contributed by atoms with Crippen molar-refractivity contribution in [3.63, 3.8) is 0 Å². The molecule has 2 heterocycles. The van der Waals surface area contributed by atoms with E-state index >= 15 is 0 Å². The average molecular weight is 311 g/mol. The predicted molar refractivity (Wildman–Crippen MR) is 75.8 cm³/mol. The second-order valence-corrected chi connectivity index (χ2v) is 5.93. The second kappa shape index (κ2) is 6.16. The Morgan fingerprint density at radius 3 is 3.00 bits per heavy atom. The number of pyridine rings is 1. The first kappa shape index (κ1) is 15.1. The monoisotopic (exact) mass is 311 g/mol. The Morgan fingerprint density at radius 2 is 2.27 bits per heavy atom. The number of alkyl halides is 2. The Morgan fingerprint density at radius 1 is 1.45 bits per heavy atom. The van der Waals surface area contributed by atoms with Crippen LogP contribution >= 0.6 is 0 Å². The van der Waals surface area contributed by atoms with E-state index in [9.17, 15) is 13.6 Å². The summed E-state index contributed by atoms with van der Waals surface area (Å²) in [6.45, 7) is 0.516. The third-order valence-corrected chi connectivity index (χ3v) is 4.55. The molecule has 1 saturated carbocycles. The highest BCUT2D eigenvalue weighted by molar-refractivity contribution is 5.96. The van der Waals surface area contributed by atoms with E-state index in [0.29, 0.717) is 24.9 Å². The van der Waals surface area contributed by atoms with Crippen LogP contribution in [0.25, 0.3) is 0 Å². The van der Waals surface area contributed by atoms with E-state index in [2.05, 4.69) is 4.98 Å². The topological polar surface area (TPSA) is 68.5 Å². The van der Waals surface area contributed by atoms with Crippen molar-refractivity contribution in [1.29, 1.82) is 0 Å².